The fourth-order valence-electron chi connectivity index (χ4n) is 8.15. The summed E-state index contributed by atoms with van der Waals surface area (Å²) in [5, 5.41) is 25.8. The molecule has 0 heterocycles. The molecule has 7 atom stereocenters. The Balaban J connectivity index is 1.32. The number of amides is 1. The molecule has 0 radical (unpaired) electrons. The number of nitro groups is 1. The lowest BCUT2D eigenvalue weighted by Gasteiger charge is -2.60. The van der Waals surface area contributed by atoms with E-state index in [1.54, 1.807) is 6.07 Å². The highest BCUT2D eigenvalue weighted by Gasteiger charge is 2.59. The highest BCUT2D eigenvalue weighted by atomic mass is 16.6. The van der Waals surface area contributed by atoms with E-state index in [4.69, 9.17) is 0 Å². The van der Waals surface area contributed by atoms with Crippen molar-refractivity contribution in [1.29, 1.82) is 0 Å². The number of benzene rings is 1. The molecule has 7 nitrogen and oxygen atoms in total. The number of aliphatic hydroxyl groups excluding tert-OH is 1. The number of hydrogen-bond donors (Lipinski definition) is 2. The predicted molar refractivity (Wildman–Crippen MR) is 126 cm³/mol. The topological polar surface area (TPSA) is 105 Å². The summed E-state index contributed by atoms with van der Waals surface area (Å²) in [6, 6.07) is 5.77. The summed E-state index contributed by atoms with van der Waals surface area (Å²) in [4.78, 5) is 23.2. The van der Waals surface area contributed by atoms with Crippen LogP contribution in [0.15, 0.2) is 29.4 Å². The quantitative estimate of drug-likeness (QED) is 0.491. The summed E-state index contributed by atoms with van der Waals surface area (Å²) < 4.78 is 0. The van der Waals surface area contributed by atoms with Gasteiger partial charge in [0.15, 0.2) is 0 Å². The SMILES string of the molecule is C[C@]12CC[C@@H](O)C[C@@H]1CC[C@@H]1[C@@H]2CC[C@]2(C)C(=NNC(=O)c3cccc([N+](=O)[O-])c3)CC[C@@H]12. The van der Waals surface area contributed by atoms with Crippen LogP contribution in [-0.2, 0) is 0 Å². The largest absolute Gasteiger partial charge is 0.393 e. The average Bonchev–Trinajstić information content (AvgIpc) is 3.14. The van der Waals surface area contributed by atoms with Crippen LogP contribution in [0, 0.1) is 44.6 Å². The van der Waals surface area contributed by atoms with E-state index >= 15 is 0 Å². The van der Waals surface area contributed by atoms with Crippen LogP contribution in [-0.4, -0.2) is 27.8 Å². The van der Waals surface area contributed by atoms with E-state index in [2.05, 4.69) is 24.4 Å². The number of non-ortho nitro benzene ring substituents is 1. The number of carbonyl (C=O) groups excluding carboxylic acids is 1. The number of nitrogens with one attached hydrogen (secondary N) is 1. The minimum Gasteiger partial charge on any atom is -0.393 e. The molecule has 0 aromatic heterocycles. The van der Waals surface area contributed by atoms with Gasteiger partial charge in [0.25, 0.3) is 11.6 Å². The van der Waals surface area contributed by atoms with Gasteiger partial charge in [-0.05, 0) is 92.9 Å². The molecule has 178 valence electrons. The van der Waals surface area contributed by atoms with Gasteiger partial charge in [0.1, 0.15) is 0 Å². The maximum absolute atomic E-state index is 12.6. The maximum atomic E-state index is 12.6. The number of carbonyl (C=O) groups is 1. The average molecular weight is 454 g/mol. The molecule has 0 bridgehead atoms. The van der Waals surface area contributed by atoms with Crippen molar-refractivity contribution in [3.8, 4) is 0 Å². The van der Waals surface area contributed by atoms with E-state index in [9.17, 15) is 20.0 Å². The molecule has 0 unspecified atom stereocenters. The van der Waals surface area contributed by atoms with Crippen molar-refractivity contribution in [2.24, 2.45) is 39.6 Å². The second kappa shape index (κ2) is 8.19. The van der Waals surface area contributed by atoms with Crippen molar-refractivity contribution in [3.05, 3.63) is 39.9 Å². The first-order valence-corrected chi connectivity index (χ1v) is 12.5. The van der Waals surface area contributed by atoms with Gasteiger partial charge in [-0.1, -0.05) is 19.9 Å². The number of fused-ring (bicyclic) bond motifs is 5. The van der Waals surface area contributed by atoms with Gasteiger partial charge < -0.3 is 5.11 Å². The van der Waals surface area contributed by atoms with Crippen LogP contribution >= 0.6 is 0 Å². The van der Waals surface area contributed by atoms with Crippen molar-refractivity contribution in [1.82, 2.24) is 5.43 Å². The first-order chi connectivity index (χ1) is 15.7. The summed E-state index contributed by atoms with van der Waals surface area (Å²) in [5.41, 5.74) is 4.28. The lowest BCUT2D eigenvalue weighted by molar-refractivity contribution is -0.384. The molecule has 1 aromatic carbocycles. The van der Waals surface area contributed by atoms with Gasteiger partial charge in [-0.15, -0.1) is 0 Å². The van der Waals surface area contributed by atoms with Crippen LogP contribution in [0.5, 0.6) is 0 Å². The molecular weight excluding hydrogens is 418 g/mol. The molecule has 4 aliphatic carbocycles. The first-order valence-electron chi connectivity index (χ1n) is 12.5. The van der Waals surface area contributed by atoms with E-state index in [0.717, 1.165) is 50.2 Å². The van der Waals surface area contributed by atoms with Crippen molar-refractivity contribution < 1.29 is 14.8 Å². The third-order valence-electron chi connectivity index (χ3n) is 9.99. The minimum atomic E-state index is -0.494. The molecule has 4 aliphatic rings. The Hall–Kier alpha value is -2.28. The fraction of sp³-hybridized carbons (Fsp3) is 0.692. The molecule has 7 heteroatoms. The molecule has 2 N–H and O–H groups in total. The highest BCUT2D eigenvalue weighted by molar-refractivity contribution is 5.97. The van der Waals surface area contributed by atoms with Gasteiger partial charge in [-0.3, -0.25) is 14.9 Å². The molecule has 1 amide bonds. The number of rotatable bonds is 3. The summed E-state index contributed by atoms with van der Waals surface area (Å²) in [7, 11) is 0. The monoisotopic (exact) mass is 453 g/mol. The van der Waals surface area contributed by atoms with E-state index in [-0.39, 0.29) is 22.8 Å². The second-order valence-corrected chi connectivity index (χ2v) is 11.4. The van der Waals surface area contributed by atoms with Crippen LogP contribution in [0.2, 0.25) is 0 Å². The van der Waals surface area contributed by atoms with Crippen LogP contribution in [0.4, 0.5) is 5.69 Å². The molecule has 4 saturated carbocycles. The standard InChI is InChI=1S/C26H35N3O4/c1-25-12-10-19(30)15-17(25)6-7-20-21-8-9-23(26(21,2)13-11-22(20)25)27-28-24(31)16-4-3-5-18(14-16)29(32)33/h3-5,14,17,19-22,30H,6-13,15H2,1-2H3,(H,28,31)/t17-,19+,20-,21-,22-,25-,26-/m0/s1. The molecule has 4 fully saturated rings. The molecule has 33 heavy (non-hydrogen) atoms. The smallest absolute Gasteiger partial charge is 0.271 e. The van der Waals surface area contributed by atoms with Crippen LogP contribution < -0.4 is 5.43 Å². The Bertz CT molecular complexity index is 994. The van der Waals surface area contributed by atoms with Crippen molar-refractivity contribution in [3.63, 3.8) is 0 Å². The maximum Gasteiger partial charge on any atom is 0.271 e. The Morgan fingerprint density at radius 2 is 1.97 bits per heavy atom. The van der Waals surface area contributed by atoms with Gasteiger partial charge in [0.05, 0.1) is 11.0 Å². The second-order valence-electron chi connectivity index (χ2n) is 11.4. The van der Waals surface area contributed by atoms with Gasteiger partial charge in [-0.25, -0.2) is 5.43 Å². The van der Waals surface area contributed by atoms with Gasteiger partial charge >= 0.3 is 0 Å². The molecular formula is C26H35N3O4. The van der Waals surface area contributed by atoms with E-state index < -0.39 is 10.8 Å². The van der Waals surface area contributed by atoms with Crippen molar-refractivity contribution in [2.75, 3.05) is 0 Å². The first kappa shape index (κ1) is 22.5. The lowest BCUT2D eigenvalue weighted by Crippen LogP contribution is -2.54. The Labute approximate surface area is 195 Å². The van der Waals surface area contributed by atoms with Gasteiger partial charge in [0.2, 0.25) is 0 Å². The summed E-state index contributed by atoms with van der Waals surface area (Å²) in [6.07, 6.45) is 9.70. The Kier molecular flexibility index (Phi) is 5.58. The fourth-order valence-corrected chi connectivity index (χ4v) is 8.15. The zero-order valence-corrected chi connectivity index (χ0v) is 19.6. The molecule has 1 aromatic rings. The zero-order valence-electron chi connectivity index (χ0n) is 19.6. The van der Waals surface area contributed by atoms with E-state index in [1.807, 2.05) is 0 Å². The Morgan fingerprint density at radius 3 is 2.76 bits per heavy atom. The summed E-state index contributed by atoms with van der Waals surface area (Å²) in [6.45, 7) is 4.82. The van der Waals surface area contributed by atoms with Crippen LogP contribution in [0.25, 0.3) is 0 Å². The Morgan fingerprint density at radius 1 is 1.15 bits per heavy atom. The molecule has 5 rings (SSSR count). The molecule has 0 aliphatic heterocycles. The van der Waals surface area contributed by atoms with Crippen molar-refractivity contribution in [2.45, 2.75) is 77.7 Å². The predicted octanol–water partition coefficient (Wildman–Crippen LogP) is 5.08. The molecule has 0 spiro atoms. The van der Waals surface area contributed by atoms with Crippen molar-refractivity contribution >= 4 is 17.3 Å². The summed E-state index contributed by atoms with van der Waals surface area (Å²) >= 11 is 0. The minimum absolute atomic E-state index is 0.00844. The van der Waals surface area contributed by atoms with E-state index in [1.165, 1.54) is 37.5 Å². The lowest BCUT2D eigenvalue weighted by atomic mass is 9.45. The number of hydrazone groups is 1. The third kappa shape index (κ3) is 3.69. The van der Waals surface area contributed by atoms with Gasteiger partial charge in [-0.2, -0.15) is 5.10 Å². The van der Waals surface area contributed by atoms with E-state index in [0.29, 0.717) is 23.2 Å². The number of nitrogens with zero attached hydrogens (tertiary/aromatic N) is 2. The number of aliphatic hydroxyl groups is 1. The highest BCUT2D eigenvalue weighted by Crippen LogP contribution is 2.65. The van der Waals surface area contributed by atoms with Crippen LogP contribution in [0.3, 0.4) is 0 Å². The zero-order chi connectivity index (χ0) is 23.4. The third-order valence-corrected chi connectivity index (χ3v) is 9.99. The number of hydrogen-bond acceptors (Lipinski definition) is 5. The molecule has 0 saturated heterocycles. The summed E-state index contributed by atoms with van der Waals surface area (Å²) in [5.74, 6) is 2.26. The van der Waals surface area contributed by atoms with Crippen LogP contribution in [0.1, 0.15) is 82.0 Å². The number of nitro benzene ring substituents is 1. The normalized spacial score (nSPS) is 41.1. The van der Waals surface area contributed by atoms with Gasteiger partial charge in [0, 0.05) is 28.8 Å².